The van der Waals surface area contributed by atoms with Gasteiger partial charge in [0.25, 0.3) is 0 Å². The number of carbonyl (C=O) groups excluding carboxylic acids is 1. The fraction of sp³-hybridized carbons (Fsp3) is 0.409. The predicted octanol–water partition coefficient (Wildman–Crippen LogP) is 4.65. The summed E-state index contributed by atoms with van der Waals surface area (Å²) in [5.74, 6) is 1.37. The highest BCUT2D eigenvalue weighted by Gasteiger charge is 2.26. The van der Waals surface area contributed by atoms with Crippen LogP contribution in [0.15, 0.2) is 40.8 Å². The standard InChI is InChI=1S/C22H26N2O3/c1-14-8-10-24(11-9-14)15(2)22(25)23-18-13-20-17(12-21(18)26-3)16-6-4-5-7-19(16)27-20/h4-7,12-15H,8-11H2,1-3H3,(H,23,25)/t15-/m1/s1. The number of fused-ring (bicyclic) bond motifs is 3. The fourth-order valence-corrected chi connectivity index (χ4v) is 3.84. The number of rotatable bonds is 4. The van der Waals surface area contributed by atoms with Gasteiger partial charge < -0.3 is 14.5 Å². The highest BCUT2D eigenvalue weighted by molar-refractivity contribution is 6.08. The van der Waals surface area contributed by atoms with Gasteiger partial charge in [-0.1, -0.05) is 25.1 Å². The Balaban J connectivity index is 1.60. The minimum absolute atomic E-state index is 0.0154. The number of amides is 1. The first-order valence-corrected chi connectivity index (χ1v) is 9.61. The van der Waals surface area contributed by atoms with E-state index in [4.69, 9.17) is 9.15 Å². The quantitative estimate of drug-likeness (QED) is 0.730. The number of nitrogens with zero attached hydrogens (tertiary/aromatic N) is 1. The first-order chi connectivity index (χ1) is 13.1. The molecule has 142 valence electrons. The van der Waals surface area contributed by atoms with Crippen molar-refractivity contribution in [2.24, 2.45) is 5.92 Å². The lowest BCUT2D eigenvalue weighted by Crippen LogP contribution is -2.45. The molecule has 1 aromatic heterocycles. The smallest absolute Gasteiger partial charge is 0.241 e. The van der Waals surface area contributed by atoms with Gasteiger partial charge >= 0.3 is 0 Å². The van der Waals surface area contributed by atoms with Crippen molar-refractivity contribution in [3.05, 3.63) is 36.4 Å². The number of ether oxygens (including phenoxy) is 1. The van der Waals surface area contributed by atoms with Gasteiger partial charge in [-0.25, -0.2) is 0 Å². The zero-order chi connectivity index (χ0) is 19.0. The highest BCUT2D eigenvalue weighted by atomic mass is 16.5. The molecule has 1 amide bonds. The maximum atomic E-state index is 12.8. The van der Waals surface area contributed by atoms with Crippen LogP contribution in [0.5, 0.6) is 5.75 Å². The number of methoxy groups -OCH3 is 1. The van der Waals surface area contributed by atoms with E-state index < -0.39 is 0 Å². The summed E-state index contributed by atoms with van der Waals surface area (Å²) in [5.41, 5.74) is 2.21. The molecule has 2 aromatic carbocycles. The van der Waals surface area contributed by atoms with Gasteiger partial charge in [0.1, 0.15) is 16.9 Å². The Morgan fingerprint density at radius 2 is 1.93 bits per heavy atom. The van der Waals surface area contributed by atoms with E-state index in [9.17, 15) is 4.79 Å². The number of hydrogen-bond donors (Lipinski definition) is 1. The summed E-state index contributed by atoms with van der Waals surface area (Å²) in [6.07, 6.45) is 2.29. The Labute approximate surface area is 159 Å². The molecule has 0 spiro atoms. The minimum atomic E-state index is -0.173. The monoisotopic (exact) mass is 366 g/mol. The second kappa shape index (κ2) is 7.24. The van der Waals surface area contributed by atoms with Crippen LogP contribution in [0.1, 0.15) is 26.7 Å². The van der Waals surface area contributed by atoms with E-state index in [-0.39, 0.29) is 11.9 Å². The van der Waals surface area contributed by atoms with E-state index in [1.807, 2.05) is 43.3 Å². The van der Waals surface area contributed by atoms with Crippen LogP contribution in [-0.2, 0) is 4.79 Å². The topological polar surface area (TPSA) is 54.7 Å². The summed E-state index contributed by atoms with van der Waals surface area (Å²) in [4.78, 5) is 15.1. The molecule has 5 heteroatoms. The van der Waals surface area contributed by atoms with Gasteiger partial charge in [0.05, 0.1) is 18.8 Å². The molecule has 1 aliphatic heterocycles. The summed E-state index contributed by atoms with van der Waals surface area (Å²) >= 11 is 0. The normalized spacial score (nSPS) is 17.3. The fourth-order valence-electron chi connectivity index (χ4n) is 3.84. The Hall–Kier alpha value is -2.53. The van der Waals surface area contributed by atoms with E-state index in [1.54, 1.807) is 7.11 Å². The number of hydrogen-bond acceptors (Lipinski definition) is 4. The summed E-state index contributed by atoms with van der Waals surface area (Å²) in [6.45, 7) is 6.18. The molecule has 0 aliphatic carbocycles. The lowest BCUT2D eigenvalue weighted by molar-refractivity contribution is -0.121. The molecule has 1 saturated heterocycles. The molecule has 0 bridgehead atoms. The molecule has 0 unspecified atom stereocenters. The van der Waals surface area contributed by atoms with E-state index in [2.05, 4.69) is 17.1 Å². The van der Waals surface area contributed by atoms with Gasteiger partial charge in [-0.15, -0.1) is 0 Å². The number of furan rings is 1. The Morgan fingerprint density at radius 1 is 1.19 bits per heavy atom. The molecule has 0 saturated carbocycles. The third-order valence-corrected chi connectivity index (χ3v) is 5.70. The number of para-hydroxylation sites is 1. The number of anilines is 1. The SMILES string of the molecule is COc1cc2c(cc1NC(=O)[C@@H](C)N1CCC(C)CC1)oc1ccccc12. The third kappa shape index (κ3) is 3.39. The van der Waals surface area contributed by atoms with E-state index in [1.165, 1.54) is 0 Å². The van der Waals surface area contributed by atoms with Crippen LogP contribution in [-0.4, -0.2) is 37.0 Å². The van der Waals surface area contributed by atoms with E-state index in [0.717, 1.165) is 53.8 Å². The molecular formula is C22H26N2O3. The van der Waals surface area contributed by atoms with Gasteiger partial charge in [0, 0.05) is 16.8 Å². The number of likely N-dealkylation sites (tertiary alicyclic amines) is 1. The maximum absolute atomic E-state index is 12.8. The van der Waals surface area contributed by atoms with Gasteiger partial charge in [-0.05, 0) is 50.9 Å². The van der Waals surface area contributed by atoms with Crippen molar-refractivity contribution in [1.82, 2.24) is 4.90 Å². The predicted molar refractivity (Wildman–Crippen MR) is 108 cm³/mol. The van der Waals surface area contributed by atoms with Gasteiger partial charge in [0.2, 0.25) is 5.91 Å². The molecule has 0 radical (unpaired) electrons. The van der Waals surface area contributed by atoms with Crippen molar-refractivity contribution in [2.75, 3.05) is 25.5 Å². The summed E-state index contributed by atoms with van der Waals surface area (Å²) in [5, 5.41) is 5.07. The first kappa shape index (κ1) is 17.9. The molecule has 27 heavy (non-hydrogen) atoms. The van der Waals surface area contributed by atoms with Crippen LogP contribution < -0.4 is 10.1 Å². The molecule has 1 aliphatic rings. The molecule has 5 nitrogen and oxygen atoms in total. The van der Waals surface area contributed by atoms with Crippen molar-refractivity contribution in [3.63, 3.8) is 0 Å². The van der Waals surface area contributed by atoms with Crippen molar-refractivity contribution >= 4 is 33.5 Å². The van der Waals surface area contributed by atoms with Crippen molar-refractivity contribution in [3.8, 4) is 5.75 Å². The lowest BCUT2D eigenvalue weighted by atomic mass is 9.98. The largest absolute Gasteiger partial charge is 0.495 e. The van der Waals surface area contributed by atoms with Crippen molar-refractivity contribution in [1.29, 1.82) is 0 Å². The second-order valence-corrected chi connectivity index (χ2v) is 7.53. The molecule has 2 heterocycles. The van der Waals surface area contributed by atoms with E-state index in [0.29, 0.717) is 11.4 Å². The number of benzene rings is 2. The summed E-state index contributed by atoms with van der Waals surface area (Å²) in [6, 6.07) is 11.5. The van der Waals surface area contributed by atoms with E-state index >= 15 is 0 Å². The van der Waals surface area contributed by atoms with Gasteiger partial charge in [-0.3, -0.25) is 9.69 Å². The number of nitrogens with one attached hydrogen (secondary N) is 1. The number of carbonyl (C=O) groups is 1. The number of piperidine rings is 1. The van der Waals surface area contributed by atoms with Crippen LogP contribution in [0.4, 0.5) is 5.69 Å². The maximum Gasteiger partial charge on any atom is 0.241 e. The average Bonchev–Trinajstić information content (AvgIpc) is 3.04. The Morgan fingerprint density at radius 3 is 2.67 bits per heavy atom. The van der Waals surface area contributed by atoms with Crippen LogP contribution in [0.3, 0.4) is 0 Å². The first-order valence-electron chi connectivity index (χ1n) is 9.61. The molecule has 4 rings (SSSR count). The minimum Gasteiger partial charge on any atom is -0.495 e. The molecule has 3 aromatic rings. The molecule has 1 fully saturated rings. The zero-order valence-corrected chi connectivity index (χ0v) is 16.1. The van der Waals surface area contributed by atoms with Crippen LogP contribution in [0.25, 0.3) is 21.9 Å². The van der Waals surface area contributed by atoms with Crippen molar-refractivity contribution in [2.45, 2.75) is 32.7 Å². The van der Waals surface area contributed by atoms with Gasteiger partial charge in [0.15, 0.2) is 0 Å². The summed E-state index contributed by atoms with van der Waals surface area (Å²) in [7, 11) is 1.62. The van der Waals surface area contributed by atoms with Gasteiger partial charge in [-0.2, -0.15) is 0 Å². The van der Waals surface area contributed by atoms with Crippen LogP contribution in [0, 0.1) is 5.92 Å². The second-order valence-electron chi connectivity index (χ2n) is 7.53. The van der Waals surface area contributed by atoms with Crippen LogP contribution >= 0.6 is 0 Å². The van der Waals surface area contributed by atoms with Crippen LogP contribution in [0.2, 0.25) is 0 Å². The highest BCUT2D eigenvalue weighted by Crippen LogP contribution is 2.36. The molecule has 1 atom stereocenters. The average molecular weight is 366 g/mol. The zero-order valence-electron chi connectivity index (χ0n) is 16.1. The summed E-state index contributed by atoms with van der Waals surface area (Å²) < 4.78 is 11.5. The molecular weight excluding hydrogens is 340 g/mol. The Bertz CT molecular complexity index is 970. The lowest BCUT2D eigenvalue weighted by Gasteiger charge is -2.34. The molecule has 1 N–H and O–H groups in total. The Kier molecular flexibility index (Phi) is 4.79. The third-order valence-electron chi connectivity index (χ3n) is 5.70. The van der Waals surface area contributed by atoms with Crippen molar-refractivity contribution < 1.29 is 13.9 Å².